The molecule has 0 fully saturated rings. The van der Waals surface area contributed by atoms with Crippen LogP contribution in [-0.2, 0) is 41.6 Å². The molecule has 2 aromatic heterocycles. The number of carbonyl (C=O) groups is 1. The normalized spacial score (nSPS) is 13.0. The number of benzene rings is 5. The van der Waals surface area contributed by atoms with E-state index in [-0.39, 0.29) is 57.8 Å². The Bertz CT molecular complexity index is 3320. The lowest BCUT2D eigenvalue weighted by Gasteiger charge is -2.36. The molecule has 0 saturated carbocycles. The molecule has 0 amide bonds. The molecule has 5 aromatic carbocycles. The smallest absolute Gasteiger partial charge is 0.348 e. The van der Waals surface area contributed by atoms with Crippen molar-refractivity contribution in [2.24, 2.45) is 0 Å². The highest BCUT2D eigenvalue weighted by molar-refractivity contribution is 7.86. The molecule has 12 nitrogen and oxygen atoms in total. The zero-order valence-electron chi connectivity index (χ0n) is 45.2. The van der Waals surface area contributed by atoms with Gasteiger partial charge in [0.1, 0.15) is 53.4 Å². The fourth-order valence-electron chi connectivity index (χ4n) is 7.94. The lowest BCUT2D eigenvalue weighted by molar-refractivity contribution is -0.163. The molecular weight excluding hydrogens is 1080 g/mol. The Morgan fingerprint density at radius 1 is 0.844 bits per heavy atom. The fourth-order valence-corrected chi connectivity index (χ4v) is 11.6. The van der Waals surface area contributed by atoms with Gasteiger partial charge in [-0.15, -0.1) is 17.9 Å². The predicted octanol–water partition coefficient (Wildman–Crippen LogP) is 15.0. The first-order valence-electron chi connectivity index (χ1n) is 25.0. The molecule has 7 aromatic rings. The van der Waals surface area contributed by atoms with Gasteiger partial charge in [0, 0.05) is 22.4 Å². The molecular formula is C59H65Cl2FN2O10S2Si. The third-order valence-corrected chi connectivity index (χ3v) is 20.6. The molecule has 2 atom stereocenters. The number of hydrogen-bond acceptors (Lipinski definition) is 13. The van der Waals surface area contributed by atoms with Gasteiger partial charge in [-0.2, -0.15) is 8.42 Å². The molecule has 0 aliphatic rings. The van der Waals surface area contributed by atoms with Crippen LogP contribution in [-0.4, -0.2) is 70.3 Å². The first-order chi connectivity index (χ1) is 36.3. The van der Waals surface area contributed by atoms with Crippen molar-refractivity contribution in [3.05, 3.63) is 160 Å². The maximum Gasteiger partial charge on any atom is 0.348 e. The molecule has 0 N–H and O–H groups in total. The van der Waals surface area contributed by atoms with Gasteiger partial charge in [0.25, 0.3) is 10.1 Å². The summed E-state index contributed by atoms with van der Waals surface area (Å²) in [7, 11) is -6.54. The van der Waals surface area contributed by atoms with Gasteiger partial charge in [-0.05, 0) is 130 Å². The summed E-state index contributed by atoms with van der Waals surface area (Å²) >= 11 is 16.0. The summed E-state index contributed by atoms with van der Waals surface area (Å²) in [5, 5.41) is 0.510. The molecule has 0 spiro atoms. The van der Waals surface area contributed by atoms with E-state index in [1.807, 2.05) is 55.5 Å². The first kappa shape index (κ1) is 58.8. The van der Waals surface area contributed by atoms with Crippen LogP contribution in [0.15, 0.2) is 121 Å². The molecule has 0 radical (unpaired) electrons. The Kier molecular flexibility index (Phi) is 18.7. The van der Waals surface area contributed by atoms with Crippen molar-refractivity contribution in [1.29, 1.82) is 0 Å². The van der Waals surface area contributed by atoms with Gasteiger partial charge >= 0.3 is 5.97 Å². The monoisotopic (exact) mass is 1140 g/mol. The third-order valence-electron chi connectivity index (χ3n) is 12.9. The van der Waals surface area contributed by atoms with Crippen LogP contribution in [0.25, 0.3) is 31.8 Å². The average molecular weight is 1140 g/mol. The van der Waals surface area contributed by atoms with Gasteiger partial charge in [-0.25, -0.2) is 19.2 Å². The summed E-state index contributed by atoms with van der Waals surface area (Å²) in [5.41, 5.74) is 4.28. The van der Waals surface area contributed by atoms with E-state index in [1.165, 1.54) is 41.9 Å². The van der Waals surface area contributed by atoms with Crippen molar-refractivity contribution < 1.29 is 49.9 Å². The summed E-state index contributed by atoms with van der Waals surface area (Å²) in [5.74, 6) is 0.144. The number of rotatable bonds is 22. The highest BCUT2D eigenvalue weighted by Gasteiger charge is 2.40. The third kappa shape index (κ3) is 14.4. The fraction of sp³-hybridized carbons (Fsp3) is 0.339. The van der Waals surface area contributed by atoms with E-state index in [0.29, 0.717) is 60.0 Å². The number of halogens is 3. The summed E-state index contributed by atoms with van der Waals surface area (Å²) in [6.07, 6.45) is 0.548. The molecule has 77 heavy (non-hydrogen) atoms. The van der Waals surface area contributed by atoms with Crippen LogP contribution in [0, 0.1) is 26.6 Å². The minimum atomic E-state index is -4.20. The summed E-state index contributed by atoms with van der Waals surface area (Å²) in [6, 6.07) is 27.7. The number of fused-ring (bicyclic) bond motifs is 1. The molecule has 0 aliphatic carbocycles. The van der Waals surface area contributed by atoms with Crippen molar-refractivity contribution in [1.82, 2.24) is 9.97 Å². The molecule has 0 aliphatic heterocycles. The number of nitrogens with zero attached hydrogens (tertiary/aromatic N) is 2. The zero-order chi connectivity index (χ0) is 56.0. The SMILES string of the molecule is C=CCOCC(COS(=O)(=O)c1ccc(C)cc1)Oc1c(Cl)c(C)c(-c2c(-c3ccc(F)cc3)sc3ncnc(OC(Cc4cc(O[Si](C)(C)C(C)(C)C)ccc4OCc4ccccc4)C(=O)OC(C)(C)C)c23)c(C)c1Cl. The lowest BCUT2D eigenvalue weighted by Crippen LogP contribution is -2.43. The molecule has 0 bridgehead atoms. The molecule has 0 saturated heterocycles. The van der Waals surface area contributed by atoms with Gasteiger partial charge in [-0.3, -0.25) is 4.18 Å². The number of carbonyl (C=O) groups excluding carboxylic acids is 1. The molecule has 408 valence electrons. The Labute approximate surface area is 466 Å². The standard InChI is InChI=1S/C59H65Cl2FN2O10S2Si/c1-13-29-68-33-44(34-70-76(66,67)45-26-19-36(2)20-27-45)71-53-51(60)37(3)48(38(4)52(53)61)49-50-55(63-35-64-56(50)75-54(49)40-21-23-42(62)24-22-40)72-47(57(65)73-58(5,6)7)31-41-30-43(74-77(11,12)59(8,9)10)25-28-46(41)69-32-39-17-15-14-16-18-39/h13-28,30,35,44,47H,1,29,31-34H2,2-12H3. The molecule has 2 heterocycles. The van der Waals surface area contributed by atoms with E-state index in [0.717, 1.165) is 11.1 Å². The lowest BCUT2D eigenvalue weighted by atomic mass is 9.92. The van der Waals surface area contributed by atoms with E-state index in [9.17, 15) is 17.6 Å². The van der Waals surface area contributed by atoms with Gasteiger partial charge in [-0.1, -0.05) is 110 Å². The summed E-state index contributed by atoms with van der Waals surface area (Å²) in [4.78, 5) is 25.2. The highest BCUT2D eigenvalue weighted by atomic mass is 35.5. The number of thiophene rings is 1. The van der Waals surface area contributed by atoms with Gasteiger partial charge in [0.05, 0.1) is 33.5 Å². The Morgan fingerprint density at radius 3 is 2.13 bits per heavy atom. The van der Waals surface area contributed by atoms with Crippen LogP contribution >= 0.6 is 34.5 Å². The first-order valence-corrected chi connectivity index (χ1v) is 30.9. The van der Waals surface area contributed by atoms with E-state index in [1.54, 1.807) is 65.0 Å². The second kappa shape index (κ2) is 24.4. The number of aryl methyl sites for hydroxylation is 1. The Morgan fingerprint density at radius 2 is 1.51 bits per heavy atom. The number of ether oxygens (including phenoxy) is 5. The second-order valence-corrected chi connectivity index (χ2v) is 29.2. The van der Waals surface area contributed by atoms with E-state index >= 15 is 0 Å². The van der Waals surface area contributed by atoms with E-state index in [4.69, 9.17) is 65.5 Å². The Balaban J connectivity index is 1.36. The van der Waals surface area contributed by atoms with Gasteiger partial charge in [0.2, 0.25) is 20.3 Å². The molecule has 7 rings (SSSR count). The topological polar surface area (TPSA) is 142 Å². The van der Waals surface area contributed by atoms with Crippen molar-refractivity contribution in [3.8, 4) is 44.7 Å². The number of aromatic nitrogens is 2. The van der Waals surface area contributed by atoms with Crippen LogP contribution < -0.4 is 18.6 Å². The van der Waals surface area contributed by atoms with Crippen molar-refractivity contribution in [2.45, 2.75) is 116 Å². The second-order valence-electron chi connectivity index (χ2n) is 21.1. The maximum atomic E-state index is 14.7. The predicted molar refractivity (Wildman–Crippen MR) is 306 cm³/mol. The molecule has 2 unspecified atom stereocenters. The minimum Gasteiger partial charge on any atom is -0.543 e. The van der Waals surface area contributed by atoms with Crippen LogP contribution in [0.1, 0.15) is 69.4 Å². The zero-order valence-corrected chi connectivity index (χ0v) is 49.4. The van der Waals surface area contributed by atoms with Crippen LogP contribution in [0.5, 0.6) is 23.1 Å². The van der Waals surface area contributed by atoms with Crippen LogP contribution in [0.2, 0.25) is 28.2 Å². The Hall–Kier alpha value is -5.85. The van der Waals surface area contributed by atoms with E-state index < -0.39 is 54.6 Å². The quantitative estimate of drug-likeness (QED) is 0.0210. The van der Waals surface area contributed by atoms with E-state index in [2.05, 4.69) is 40.4 Å². The van der Waals surface area contributed by atoms with Crippen LogP contribution in [0.4, 0.5) is 4.39 Å². The average Bonchev–Trinajstić information content (AvgIpc) is 3.81. The van der Waals surface area contributed by atoms with Crippen molar-refractivity contribution in [2.75, 3.05) is 19.8 Å². The number of esters is 1. The van der Waals surface area contributed by atoms with Crippen molar-refractivity contribution in [3.63, 3.8) is 0 Å². The van der Waals surface area contributed by atoms with Crippen molar-refractivity contribution >= 4 is 69.2 Å². The van der Waals surface area contributed by atoms with Gasteiger partial charge in [0.15, 0.2) is 5.75 Å². The van der Waals surface area contributed by atoms with Crippen LogP contribution in [0.3, 0.4) is 0 Å². The largest absolute Gasteiger partial charge is 0.543 e. The summed E-state index contributed by atoms with van der Waals surface area (Å²) < 4.78 is 85.3. The number of hydrogen-bond donors (Lipinski definition) is 0. The molecule has 18 heteroatoms. The highest BCUT2D eigenvalue weighted by Crippen LogP contribution is 2.53. The maximum absolute atomic E-state index is 14.7. The minimum absolute atomic E-state index is 0.0239. The summed E-state index contributed by atoms with van der Waals surface area (Å²) in [6.45, 7) is 25.1. The van der Waals surface area contributed by atoms with Gasteiger partial charge < -0.3 is 28.1 Å².